The highest BCUT2D eigenvalue weighted by atomic mass is 16.5. The molecule has 4 heteroatoms. The van der Waals surface area contributed by atoms with Crippen LogP contribution >= 0.6 is 0 Å². The molecule has 6 aromatic carbocycles. The summed E-state index contributed by atoms with van der Waals surface area (Å²) in [5, 5.41) is 2.50. The summed E-state index contributed by atoms with van der Waals surface area (Å²) in [5.74, 6) is 3.45. The fourth-order valence-electron chi connectivity index (χ4n) is 6.86. The molecule has 2 heterocycles. The molecule has 0 N–H and O–H groups in total. The van der Waals surface area contributed by atoms with Crippen LogP contribution < -0.4 is 30.8 Å². The van der Waals surface area contributed by atoms with Crippen LogP contribution in [0.4, 0.5) is 17.1 Å². The van der Waals surface area contributed by atoms with Crippen molar-refractivity contribution in [2.75, 3.05) is 4.90 Å². The van der Waals surface area contributed by atoms with Gasteiger partial charge in [-0.2, -0.15) is 0 Å². The molecule has 0 aromatic heterocycles. The van der Waals surface area contributed by atoms with E-state index in [9.17, 15) is 0 Å². The molecule has 0 spiro atoms. The lowest BCUT2D eigenvalue weighted by molar-refractivity contribution is 0.465. The van der Waals surface area contributed by atoms with Crippen LogP contribution in [0.3, 0.4) is 0 Å². The van der Waals surface area contributed by atoms with E-state index in [4.69, 9.17) is 9.47 Å². The van der Waals surface area contributed by atoms with Crippen molar-refractivity contribution in [2.45, 2.75) is 33.1 Å². The fraction of sp³-hybridized carbons (Fsp3) is 0.128. The van der Waals surface area contributed by atoms with Crippen molar-refractivity contribution < 1.29 is 9.47 Å². The topological polar surface area (TPSA) is 21.7 Å². The number of hydrogen-bond acceptors (Lipinski definition) is 3. The molecule has 2 aliphatic rings. The summed E-state index contributed by atoms with van der Waals surface area (Å²) >= 11 is 0. The van der Waals surface area contributed by atoms with E-state index < -0.39 is 0 Å². The van der Waals surface area contributed by atoms with Crippen molar-refractivity contribution in [1.29, 1.82) is 0 Å². The second-order valence-corrected chi connectivity index (χ2v) is 12.7. The van der Waals surface area contributed by atoms with Gasteiger partial charge < -0.3 is 14.4 Å². The van der Waals surface area contributed by atoms with Gasteiger partial charge in [0.05, 0.1) is 11.4 Å². The molecule has 0 saturated heterocycles. The average Bonchev–Trinajstić information content (AvgIpc) is 3.01. The number of anilines is 3. The summed E-state index contributed by atoms with van der Waals surface area (Å²) in [4.78, 5) is 2.37. The quantitative estimate of drug-likeness (QED) is 0.203. The Morgan fingerprint density at radius 2 is 1.16 bits per heavy atom. The standard InChI is InChI=1S/C39H32BNO2/c1-25-17-20-27(21-18-25)41(32-22-19-26-11-5-6-12-29(26)37(32)39(2,3)4)28-23-35-38-36(24-28)43-34-16-10-8-14-31(34)40(38)30-13-7-9-15-33(30)42-35/h5-24H,1-4H3. The number of fused-ring (bicyclic) bond motifs is 5. The zero-order valence-electron chi connectivity index (χ0n) is 24.9. The van der Waals surface area contributed by atoms with Gasteiger partial charge in [-0.05, 0) is 69.9 Å². The molecule has 208 valence electrons. The van der Waals surface area contributed by atoms with Crippen molar-refractivity contribution in [2.24, 2.45) is 0 Å². The van der Waals surface area contributed by atoms with Crippen LogP contribution in [0, 0.1) is 6.92 Å². The third kappa shape index (κ3) is 4.12. The first-order chi connectivity index (χ1) is 20.9. The molecule has 0 radical (unpaired) electrons. The Hall–Kier alpha value is -4.96. The van der Waals surface area contributed by atoms with Crippen molar-refractivity contribution in [3.63, 3.8) is 0 Å². The first kappa shape index (κ1) is 25.7. The minimum Gasteiger partial charge on any atom is -0.458 e. The van der Waals surface area contributed by atoms with Gasteiger partial charge in [-0.3, -0.25) is 0 Å². The summed E-state index contributed by atoms with van der Waals surface area (Å²) in [6.07, 6.45) is 0. The molecule has 0 aliphatic carbocycles. The van der Waals surface area contributed by atoms with Crippen LogP contribution in [0.2, 0.25) is 0 Å². The molecule has 0 fully saturated rings. The van der Waals surface area contributed by atoms with Crippen LogP contribution in [-0.4, -0.2) is 6.71 Å². The highest BCUT2D eigenvalue weighted by Gasteiger charge is 2.40. The molecule has 8 rings (SSSR count). The second kappa shape index (κ2) is 9.54. The minimum atomic E-state index is -0.113. The Morgan fingerprint density at radius 3 is 1.79 bits per heavy atom. The van der Waals surface area contributed by atoms with Crippen molar-refractivity contribution in [3.8, 4) is 23.0 Å². The zero-order chi connectivity index (χ0) is 29.3. The summed E-state index contributed by atoms with van der Waals surface area (Å²) in [7, 11) is 0. The van der Waals surface area contributed by atoms with Crippen molar-refractivity contribution >= 4 is 50.9 Å². The Morgan fingerprint density at radius 1 is 0.581 bits per heavy atom. The molecular formula is C39H32BNO2. The highest BCUT2D eigenvalue weighted by molar-refractivity contribution is 6.98. The molecule has 3 nitrogen and oxygen atoms in total. The second-order valence-electron chi connectivity index (χ2n) is 12.7. The Balaban J connectivity index is 1.41. The maximum absolute atomic E-state index is 6.68. The van der Waals surface area contributed by atoms with E-state index in [-0.39, 0.29) is 12.1 Å². The molecule has 0 unspecified atom stereocenters. The Bertz CT molecular complexity index is 1970. The van der Waals surface area contributed by atoms with E-state index in [0.717, 1.165) is 45.5 Å². The summed E-state index contributed by atoms with van der Waals surface area (Å²) in [5.41, 5.74) is 9.05. The summed E-state index contributed by atoms with van der Waals surface area (Å²) < 4.78 is 13.4. The number of ether oxygens (including phenoxy) is 2. The van der Waals surface area contributed by atoms with Crippen molar-refractivity contribution in [1.82, 2.24) is 0 Å². The first-order valence-electron chi connectivity index (χ1n) is 15.0. The van der Waals surface area contributed by atoms with Gasteiger partial charge in [0.1, 0.15) is 23.0 Å². The highest BCUT2D eigenvalue weighted by Crippen LogP contribution is 2.47. The average molecular weight is 558 g/mol. The first-order valence-corrected chi connectivity index (χ1v) is 15.0. The smallest absolute Gasteiger partial charge is 0.260 e. The molecule has 43 heavy (non-hydrogen) atoms. The number of aryl methyl sites for hydroxylation is 1. The third-order valence-electron chi connectivity index (χ3n) is 8.73. The molecule has 6 aromatic rings. The normalized spacial score (nSPS) is 13.0. The molecule has 0 bridgehead atoms. The van der Waals surface area contributed by atoms with Gasteiger partial charge in [-0.1, -0.05) is 105 Å². The number of hydrogen-bond donors (Lipinski definition) is 0. The van der Waals surface area contributed by atoms with E-state index in [2.05, 4.69) is 142 Å². The van der Waals surface area contributed by atoms with Gasteiger partial charge in [-0.25, -0.2) is 0 Å². The van der Waals surface area contributed by atoms with Crippen molar-refractivity contribution in [3.05, 3.63) is 132 Å². The maximum atomic E-state index is 6.68. The van der Waals surface area contributed by atoms with Crippen LogP contribution in [0.5, 0.6) is 23.0 Å². The molecule has 0 atom stereocenters. The van der Waals surface area contributed by atoms with E-state index in [1.165, 1.54) is 32.8 Å². The van der Waals surface area contributed by atoms with Gasteiger partial charge in [0, 0.05) is 23.3 Å². The van der Waals surface area contributed by atoms with E-state index in [1.807, 2.05) is 12.1 Å². The number of rotatable bonds is 3. The van der Waals surface area contributed by atoms with E-state index >= 15 is 0 Å². The van der Waals surface area contributed by atoms with E-state index in [1.54, 1.807) is 0 Å². The van der Waals surface area contributed by atoms with Gasteiger partial charge in [0.25, 0.3) is 6.71 Å². The van der Waals surface area contributed by atoms with Crippen LogP contribution in [0.1, 0.15) is 31.9 Å². The Labute approximate surface area is 253 Å². The SMILES string of the molecule is Cc1ccc(N(c2cc3c4c(c2)Oc2ccccc2B4c2ccccc2O3)c2ccc3ccccc3c2C(C)(C)C)cc1. The largest absolute Gasteiger partial charge is 0.458 e. The number of nitrogens with zero attached hydrogens (tertiary/aromatic N) is 1. The molecular weight excluding hydrogens is 525 g/mol. The number of benzene rings is 6. The summed E-state index contributed by atoms with van der Waals surface area (Å²) in [6, 6.07) is 43.1. The van der Waals surface area contributed by atoms with Crippen LogP contribution in [0.25, 0.3) is 10.8 Å². The lowest BCUT2D eigenvalue weighted by Crippen LogP contribution is -2.57. The van der Waals surface area contributed by atoms with Gasteiger partial charge in [-0.15, -0.1) is 0 Å². The fourth-order valence-corrected chi connectivity index (χ4v) is 6.86. The molecule has 0 amide bonds. The summed E-state index contributed by atoms with van der Waals surface area (Å²) in [6.45, 7) is 9.07. The Kier molecular flexibility index (Phi) is 5.71. The van der Waals surface area contributed by atoms with E-state index in [0.29, 0.717) is 0 Å². The number of para-hydroxylation sites is 2. The van der Waals surface area contributed by atoms with Gasteiger partial charge >= 0.3 is 0 Å². The van der Waals surface area contributed by atoms with Gasteiger partial charge in [0.2, 0.25) is 0 Å². The minimum absolute atomic E-state index is 0.0487. The third-order valence-corrected chi connectivity index (χ3v) is 8.73. The lowest BCUT2D eigenvalue weighted by atomic mass is 9.35. The predicted molar refractivity (Wildman–Crippen MR) is 180 cm³/mol. The van der Waals surface area contributed by atoms with Gasteiger partial charge in [0.15, 0.2) is 0 Å². The van der Waals surface area contributed by atoms with Crippen LogP contribution in [0.15, 0.2) is 121 Å². The monoisotopic (exact) mass is 557 g/mol. The zero-order valence-corrected chi connectivity index (χ0v) is 24.9. The molecule has 0 saturated carbocycles. The van der Waals surface area contributed by atoms with Crippen LogP contribution in [-0.2, 0) is 5.41 Å². The molecule has 2 aliphatic heterocycles. The lowest BCUT2D eigenvalue weighted by Gasteiger charge is -2.36. The maximum Gasteiger partial charge on any atom is 0.260 e. The predicted octanol–water partition coefficient (Wildman–Crippen LogP) is 8.64.